The van der Waals surface area contributed by atoms with E-state index in [9.17, 15) is 4.79 Å². The molecular weight excluding hydrogens is 292 g/mol. The number of hydrogen-bond donors (Lipinski definition) is 0. The highest BCUT2D eigenvalue weighted by molar-refractivity contribution is 5.53. The lowest BCUT2D eigenvalue weighted by Crippen LogP contribution is -2.50. The molecule has 7 heteroatoms. The van der Waals surface area contributed by atoms with Crippen molar-refractivity contribution in [3.05, 3.63) is 52.2 Å². The normalized spacial score (nSPS) is 15.1. The zero-order valence-electron chi connectivity index (χ0n) is 13.2. The highest BCUT2D eigenvalue weighted by atomic mass is 16.1. The van der Waals surface area contributed by atoms with E-state index in [1.165, 1.54) is 4.68 Å². The summed E-state index contributed by atoms with van der Waals surface area (Å²) in [6.07, 6.45) is 1.65. The Labute approximate surface area is 133 Å². The fraction of sp³-hybridized carbons (Fsp3) is 0.375. The summed E-state index contributed by atoms with van der Waals surface area (Å²) in [5.74, 6) is 1.48. The maximum atomic E-state index is 11.7. The summed E-state index contributed by atoms with van der Waals surface area (Å²) in [5.41, 5.74) is 2.77. The Kier molecular flexibility index (Phi) is 3.14. The van der Waals surface area contributed by atoms with Gasteiger partial charge in [-0.1, -0.05) is 0 Å². The van der Waals surface area contributed by atoms with Gasteiger partial charge in [0, 0.05) is 49.1 Å². The van der Waals surface area contributed by atoms with E-state index in [0.29, 0.717) is 12.5 Å². The van der Waals surface area contributed by atoms with Gasteiger partial charge in [-0.05, 0) is 19.9 Å². The lowest BCUT2D eigenvalue weighted by molar-refractivity contribution is 0.331. The van der Waals surface area contributed by atoms with Crippen molar-refractivity contribution in [1.82, 2.24) is 24.4 Å². The molecule has 1 aliphatic rings. The molecule has 4 rings (SSSR count). The Morgan fingerprint density at radius 1 is 1.22 bits per heavy atom. The number of anilines is 1. The van der Waals surface area contributed by atoms with Crippen LogP contribution in [0.2, 0.25) is 0 Å². The molecule has 0 atom stereocenters. The third kappa shape index (κ3) is 2.48. The SMILES string of the molecule is Cc1cc(N2CC(Cn3ncccc3=O)C2)n2nc(C)cc2n1. The molecule has 23 heavy (non-hydrogen) atoms. The number of hydrogen-bond acceptors (Lipinski definition) is 5. The van der Waals surface area contributed by atoms with Crippen LogP contribution in [0.3, 0.4) is 0 Å². The molecule has 0 unspecified atom stereocenters. The van der Waals surface area contributed by atoms with E-state index < -0.39 is 0 Å². The molecule has 3 aromatic rings. The highest BCUT2D eigenvalue weighted by Crippen LogP contribution is 2.26. The second-order valence-electron chi connectivity index (χ2n) is 6.13. The lowest BCUT2D eigenvalue weighted by Gasteiger charge is -2.40. The van der Waals surface area contributed by atoms with E-state index in [0.717, 1.165) is 35.9 Å². The molecular formula is C16H18N6O. The van der Waals surface area contributed by atoms with Gasteiger partial charge in [-0.2, -0.15) is 14.7 Å². The van der Waals surface area contributed by atoms with Gasteiger partial charge in [0.25, 0.3) is 5.56 Å². The van der Waals surface area contributed by atoms with Gasteiger partial charge in [-0.15, -0.1) is 0 Å². The van der Waals surface area contributed by atoms with E-state index >= 15 is 0 Å². The van der Waals surface area contributed by atoms with E-state index in [1.54, 1.807) is 18.3 Å². The summed E-state index contributed by atoms with van der Waals surface area (Å²) >= 11 is 0. The Morgan fingerprint density at radius 2 is 2.04 bits per heavy atom. The lowest BCUT2D eigenvalue weighted by atomic mass is 10.0. The van der Waals surface area contributed by atoms with E-state index in [-0.39, 0.29) is 5.56 Å². The molecule has 0 aliphatic carbocycles. The number of aromatic nitrogens is 5. The first-order valence-electron chi connectivity index (χ1n) is 7.71. The van der Waals surface area contributed by atoms with Crippen LogP contribution < -0.4 is 10.5 Å². The minimum Gasteiger partial charge on any atom is -0.356 e. The summed E-state index contributed by atoms with van der Waals surface area (Å²) in [6, 6.07) is 7.26. The van der Waals surface area contributed by atoms with Crippen LogP contribution >= 0.6 is 0 Å². The first-order valence-corrected chi connectivity index (χ1v) is 7.71. The zero-order valence-corrected chi connectivity index (χ0v) is 13.2. The summed E-state index contributed by atoms with van der Waals surface area (Å²) in [4.78, 5) is 18.5. The molecule has 4 heterocycles. The molecule has 0 saturated carbocycles. The summed E-state index contributed by atoms with van der Waals surface area (Å²) < 4.78 is 3.43. The number of aryl methyl sites for hydroxylation is 2. The average molecular weight is 310 g/mol. The van der Waals surface area contributed by atoms with Crippen molar-refractivity contribution in [3.63, 3.8) is 0 Å². The number of nitrogens with zero attached hydrogens (tertiary/aromatic N) is 6. The van der Waals surface area contributed by atoms with Gasteiger partial charge in [0.15, 0.2) is 5.65 Å². The maximum absolute atomic E-state index is 11.7. The summed E-state index contributed by atoms with van der Waals surface area (Å²) in [7, 11) is 0. The second kappa shape index (κ2) is 5.19. The van der Waals surface area contributed by atoms with Crippen LogP contribution in [0.4, 0.5) is 5.82 Å². The molecule has 7 nitrogen and oxygen atoms in total. The molecule has 0 spiro atoms. The monoisotopic (exact) mass is 310 g/mol. The van der Waals surface area contributed by atoms with Crippen LogP contribution in [-0.2, 0) is 6.54 Å². The van der Waals surface area contributed by atoms with Crippen molar-refractivity contribution in [3.8, 4) is 0 Å². The minimum atomic E-state index is -0.0456. The molecule has 118 valence electrons. The zero-order chi connectivity index (χ0) is 16.0. The van der Waals surface area contributed by atoms with E-state index in [1.807, 2.05) is 24.4 Å². The van der Waals surface area contributed by atoms with E-state index in [4.69, 9.17) is 0 Å². The predicted octanol–water partition coefficient (Wildman–Crippen LogP) is 1.04. The van der Waals surface area contributed by atoms with Crippen molar-refractivity contribution in [2.24, 2.45) is 5.92 Å². The summed E-state index contributed by atoms with van der Waals surface area (Å²) in [6.45, 7) is 6.40. The third-order valence-corrected chi connectivity index (χ3v) is 4.16. The third-order valence-electron chi connectivity index (χ3n) is 4.16. The first-order chi connectivity index (χ1) is 11.1. The molecule has 1 fully saturated rings. The van der Waals surface area contributed by atoms with Crippen molar-refractivity contribution in [2.45, 2.75) is 20.4 Å². The van der Waals surface area contributed by atoms with Crippen LogP contribution in [0.25, 0.3) is 5.65 Å². The van der Waals surface area contributed by atoms with Crippen LogP contribution in [0.5, 0.6) is 0 Å². The van der Waals surface area contributed by atoms with Crippen molar-refractivity contribution in [2.75, 3.05) is 18.0 Å². The molecule has 3 aromatic heterocycles. The highest BCUT2D eigenvalue weighted by Gasteiger charge is 2.29. The molecule has 0 aromatic carbocycles. The van der Waals surface area contributed by atoms with Crippen LogP contribution in [0, 0.1) is 19.8 Å². The predicted molar refractivity (Wildman–Crippen MR) is 86.7 cm³/mol. The first kappa shape index (κ1) is 13.9. The van der Waals surface area contributed by atoms with Crippen molar-refractivity contribution < 1.29 is 0 Å². The minimum absolute atomic E-state index is 0.0456. The van der Waals surface area contributed by atoms with Gasteiger partial charge in [-0.25, -0.2) is 9.67 Å². The van der Waals surface area contributed by atoms with E-state index in [2.05, 4.69) is 26.1 Å². The molecule has 1 saturated heterocycles. The largest absolute Gasteiger partial charge is 0.356 e. The Morgan fingerprint density at radius 3 is 2.83 bits per heavy atom. The maximum Gasteiger partial charge on any atom is 0.266 e. The molecule has 0 N–H and O–H groups in total. The fourth-order valence-corrected chi connectivity index (χ4v) is 3.06. The quantitative estimate of drug-likeness (QED) is 0.723. The fourth-order valence-electron chi connectivity index (χ4n) is 3.06. The average Bonchev–Trinajstić information content (AvgIpc) is 2.83. The van der Waals surface area contributed by atoms with Crippen LogP contribution in [0.1, 0.15) is 11.4 Å². The summed E-state index contributed by atoms with van der Waals surface area (Å²) in [5, 5.41) is 8.65. The second-order valence-corrected chi connectivity index (χ2v) is 6.13. The van der Waals surface area contributed by atoms with Gasteiger partial charge in [0.2, 0.25) is 0 Å². The Balaban J connectivity index is 1.54. The molecule has 1 aliphatic heterocycles. The van der Waals surface area contributed by atoms with Crippen molar-refractivity contribution >= 4 is 11.5 Å². The smallest absolute Gasteiger partial charge is 0.266 e. The Hall–Kier alpha value is -2.70. The number of rotatable bonds is 3. The van der Waals surface area contributed by atoms with Crippen molar-refractivity contribution in [1.29, 1.82) is 0 Å². The molecule has 0 radical (unpaired) electrons. The van der Waals surface area contributed by atoms with Crippen LogP contribution in [-0.4, -0.2) is 37.5 Å². The van der Waals surface area contributed by atoms with Gasteiger partial charge in [0.05, 0.1) is 12.2 Å². The van der Waals surface area contributed by atoms with Gasteiger partial charge in [0.1, 0.15) is 5.82 Å². The topological polar surface area (TPSA) is 68.3 Å². The molecule has 0 bridgehead atoms. The number of fused-ring (bicyclic) bond motifs is 1. The molecule has 0 amide bonds. The van der Waals surface area contributed by atoms with Gasteiger partial charge < -0.3 is 4.90 Å². The Bertz CT molecular complexity index is 922. The van der Waals surface area contributed by atoms with Crippen LogP contribution in [0.15, 0.2) is 35.3 Å². The standard InChI is InChI=1S/C16H18N6O/c1-11-7-15(22-14(18-11)6-12(2)19-22)20-8-13(9-20)10-21-16(23)4-3-5-17-21/h3-7,13H,8-10H2,1-2H3. The van der Waals surface area contributed by atoms with Gasteiger partial charge >= 0.3 is 0 Å². The van der Waals surface area contributed by atoms with Gasteiger partial charge in [-0.3, -0.25) is 4.79 Å².